The van der Waals surface area contributed by atoms with E-state index < -0.39 is 0 Å². The van der Waals surface area contributed by atoms with E-state index in [0.29, 0.717) is 17.5 Å². The van der Waals surface area contributed by atoms with Crippen molar-refractivity contribution in [3.8, 4) is 11.5 Å². The van der Waals surface area contributed by atoms with Crippen molar-refractivity contribution in [2.24, 2.45) is 0 Å². The molecule has 0 saturated heterocycles. The van der Waals surface area contributed by atoms with Crippen molar-refractivity contribution in [3.05, 3.63) is 41.4 Å². The van der Waals surface area contributed by atoms with Gasteiger partial charge in [0.15, 0.2) is 16.6 Å². The minimum absolute atomic E-state index is 0.217. The highest BCUT2D eigenvalue weighted by molar-refractivity contribution is 7.13. The summed E-state index contributed by atoms with van der Waals surface area (Å²) in [5.41, 5.74) is 0.865. The number of nitrogens with zero attached hydrogens (tertiary/aromatic N) is 1. The lowest BCUT2D eigenvalue weighted by Crippen LogP contribution is -2.07. The lowest BCUT2D eigenvalue weighted by Gasteiger charge is -2.11. The number of aromatic nitrogens is 1. The quantitative estimate of drug-likeness (QED) is 0.490. The Balaban J connectivity index is 1.91. The summed E-state index contributed by atoms with van der Waals surface area (Å²) in [5, 5.41) is 5.10. The monoisotopic (exact) mass is 360 g/mol. The van der Waals surface area contributed by atoms with Crippen molar-refractivity contribution in [3.63, 3.8) is 0 Å². The fourth-order valence-corrected chi connectivity index (χ4v) is 2.75. The highest BCUT2D eigenvalue weighted by Crippen LogP contribution is 2.28. The van der Waals surface area contributed by atoms with Crippen molar-refractivity contribution in [1.82, 2.24) is 4.98 Å². The molecule has 0 saturated carbocycles. The second kappa shape index (κ2) is 10.5. The number of carbonyl (C=O) groups excluding carboxylic acids is 1. The predicted octanol–water partition coefficient (Wildman–Crippen LogP) is 4.76. The Kier molecular flexibility index (Phi) is 7.98. The Bertz CT molecular complexity index is 684. The first-order valence-corrected chi connectivity index (χ1v) is 9.30. The van der Waals surface area contributed by atoms with Crippen molar-refractivity contribution < 1.29 is 14.3 Å². The predicted molar refractivity (Wildman–Crippen MR) is 102 cm³/mol. The Morgan fingerprint density at radius 1 is 1.28 bits per heavy atom. The molecule has 2 rings (SSSR count). The number of hydrogen-bond donors (Lipinski definition) is 1. The number of nitrogens with one attached hydrogen (secondary N) is 1. The van der Waals surface area contributed by atoms with Crippen molar-refractivity contribution >= 4 is 28.5 Å². The molecule has 0 bridgehead atoms. The molecule has 0 unspecified atom stereocenters. The van der Waals surface area contributed by atoms with Gasteiger partial charge in [0, 0.05) is 17.7 Å². The van der Waals surface area contributed by atoms with Gasteiger partial charge in [-0.05, 0) is 30.2 Å². The number of anilines is 1. The van der Waals surface area contributed by atoms with Crippen LogP contribution in [-0.4, -0.2) is 24.6 Å². The fraction of sp³-hybridized carbons (Fsp3) is 0.368. The maximum atomic E-state index is 11.8. The number of thiazole rings is 1. The third-order valence-corrected chi connectivity index (χ3v) is 4.22. The van der Waals surface area contributed by atoms with Crippen LogP contribution in [0.3, 0.4) is 0 Å². The number of ether oxygens (including phenoxy) is 2. The standard InChI is InChI=1S/C19H24N2O3S/c1-3-4-5-6-12-24-16-9-7-15(14-17(16)23-2)8-10-18(22)21-19-20-11-13-25-19/h7-11,13-14H,3-6,12H2,1-2H3,(H,20,21,22)/b10-8+. The second-order valence-electron chi connectivity index (χ2n) is 5.48. The molecule has 1 aromatic heterocycles. The van der Waals surface area contributed by atoms with Crippen molar-refractivity contribution in [2.75, 3.05) is 19.0 Å². The van der Waals surface area contributed by atoms with E-state index in [1.54, 1.807) is 19.4 Å². The first-order valence-electron chi connectivity index (χ1n) is 8.42. The zero-order valence-corrected chi connectivity index (χ0v) is 15.5. The first kappa shape index (κ1) is 19.0. The average Bonchev–Trinajstić information content (AvgIpc) is 3.13. The molecule has 2 aromatic rings. The molecule has 0 spiro atoms. The van der Waals surface area contributed by atoms with Crippen LogP contribution in [-0.2, 0) is 4.79 Å². The number of unbranched alkanes of at least 4 members (excludes halogenated alkanes) is 3. The first-order chi connectivity index (χ1) is 12.2. The Morgan fingerprint density at radius 2 is 2.16 bits per heavy atom. The molecule has 0 aliphatic rings. The second-order valence-corrected chi connectivity index (χ2v) is 6.37. The van der Waals surface area contributed by atoms with Crippen molar-refractivity contribution in [1.29, 1.82) is 0 Å². The van der Waals surface area contributed by atoms with E-state index in [9.17, 15) is 4.79 Å². The van der Waals surface area contributed by atoms with Gasteiger partial charge >= 0.3 is 0 Å². The fourth-order valence-electron chi connectivity index (χ4n) is 2.22. The molecule has 0 aliphatic heterocycles. The largest absolute Gasteiger partial charge is 0.493 e. The van der Waals surface area contributed by atoms with Gasteiger partial charge in [0.25, 0.3) is 0 Å². The minimum atomic E-state index is -0.217. The minimum Gasteiger partial charge on any atom is -0.493 e. The molecule has 1 aromatic carbocycles. The van der Waals surface area contributed by atoms with Crippen LogP contribution >= 0.6 is 11.3 Å². The molecule has 0 fully saturated rings. The number of rotatable bonds is 10. The van der Waals surface area contributed by atoms with E-state index in [2.05, 4.69) is 17.2 Å². The van der Waals surface area contributed by atoms with E-state index in [1.807, 2.05) is 23.6 Å². The molecule has 0 radical (unpaired) electrons. The summed E-state index contributed by atoms with van der Waals surface area (Å²) in [6.45, 7) is 2.87. The maximum Gasteiger partial charge on any atom is 0.250 e. The summed E-state index contributed by atoms with van der Waals surface area (Å²) < 4.78 is 11.2. The van der Waals surface area contributed by atoms with Crippen LogP contribution in [0.15, 0.2) is 35.9 Å². The van der Waals surface area contributed by atoms with E-state index in [4.69, 9.17) is 9.47 Å². The van der Waals surface area contributed by atoms with Crippen molar-refractivity contribution in [2.45, 2.75) is 32.6 Å². The van der Waals surface area contributed by atoms with Crippen LogP contribution in [0.5, 0.6) is 11.5 Å². The van der Waals surface area contributed by atoms with Gasteiger partial charge in [-0.25, -0.2) is 4.98 Å². The molecule has 0 aliphatic carbocycles. The highest BCUT2D eigenvalue weighted by Gasteiger charge is 2.05. The molecule has 0 atom stereocenters. The molecule has 25 heavy (non-hydrogen) atoms. The zero-order chi connectivity index (χ0) is 17.9. The van der Waals surface area contributed by atoms with Gasteiger partial charge in [0.05, 0.1) is 13.7 Å². The third-order valence-electron chi connectivity index (χ3n) is 3.53. The molecule has 1 heterocycles. The average molecular weight is 360 g/mol. The number of hydrogen-bond acceptors (Lipinski definition) is 5. The summed E-state index contributed by atoms with van der Waals surface area (Å²) in [4.78, 5) is 15.9. The van der Waals surface area contributed by atoms with Crippen LogP contribution < -0.4 is 14.8 Å². The maximum absolute atomic E-state index is 11.8. The van der Waals surface area contributed by atoms with Gasteiger partial charge < -0.3 is 9.47 Å². The van der Waals surface area contributed by atoms with E-state index in [-0.39, 0.29) is 5.91 Å². The number of methoxy groups -OCH3 is 1. The number of amides is 1. The molecule has 1 N–H and O–H groups in total. The van der Waals surface area contributed by atoms with Gasteiger partial charge in [0.2, 0.25) is 5.91 Å². The summed E-state index contributed by atoms with van der Waals surface area (Å²) in [7, 11) is 1.61. The highest BCUT2D eigenvalue weighted by atomic mass is 32.1. The molecule has 1 amide bonds. The normalized spacial score (nSPS) is 10.8. The summed E-state index contributed by atoms with van der Waals surface area (Å²) in [5.74, 6) is 1.17. The zero-order valence-electron chi connectivity index (χ0n) is 14.7. The lowest BCUT2D eigenvalue weighted by atomic mass is 10.2. The van der Waals surface area contributed by atoms with Gasteiger partial charge in [-0.15, -0.1) is 11.3 Å². The van der Waals surface area contributed by atoms with Gasteiger partial charge in [-0.2, -0.15) is 0 Å². The Labute approximate surface area is 152 Å². The smallest absolute Gasteiger partial charge is 0.250 e. The van der Waals surface area contributed by atoms with Gasteiger partial charge in [0.1, 0.15) is 0 Å². The summed E-state index contributed by atoms with van der Waals surface area (Å²) in [6.07, 6.45) is 9.50. The van der Waals surface area contributed by atoms with Crippen LogP contribution in [0.1, 0.15) is 38.2 Å². The topological polar surface area (TPSA) is 60.5 Å². The third kappa shape index (κ3) is 6.58. The van der Waals surface area contributed by atoms with E-state index in [0.717, 1.165) is 17.7 Å². The summed E-state index contributed by atoms with van der Waals surface area (Å²) >= 11 is 1.38. The molecule has 134 valence electrons. The summed E-state index contributed by atoms with van der Waals surface area (Å²) in [6, 6.07) is 5.63. The van der Waals surface area contributed by atoms with Gasteiger partial charge in [-0.1, -0.05) is 32.3 Å². The van der Waals surface area contributed by atoms with Gasteiger partial charge in [-0.3, -0.25) is 10.1 Å². The molecule has 5 nitrogen and oxygen atoms in total. The van der Waals surface area contributed by atoms with Crippen LogP contribution in [0.25, 0.3) is 6.08 Å². The number of benzene rings is 1. The van der Waals surface area contributed by atoms with Crippen LogP contribution in [0.2, 0.25) is 0 Å². The Morgan fingerprint density at radius 3 is 2.88 bits per heavy atom. The number of carbonyl (C=O) groups is 1. The molecule has 6 heteroatoms. The van der Waals surface area contributed by atoms with Crippen LogP contribution in [0, 0.1) is 0 Å². The van der Waals surface area contributed by atoms with Crippen LogP contribution in [0.4, 0.5) is 5.13 Å². The molecular weight excluding hydrogens is 336 g/mol. The Hall–Kier alpha value is -2.34. The SMILES string of the molecule is CCCCCCOc1ccc(/C=C/C(=O)Nc2nccs2)cc1OC. The lowest BCUT2D eigenvalue weighted by molar-refractivity contribution is -0.111. The molecular formula is C19H24N2O3S. The van der Waals surface area contributed by atoms with E-state index in [1.165, 1.54) is 36.7 Å². The van der Waals surface area contributed by atoms with E-state index >= 15 is 0 Å².